The molecule has 0 aliphatic rings. The molecule has 1 N–H and O–H groups in total. The molecule has 0 unspecified atom stereocenters. The lowest BCUT2D eigenvalue weighted by atomic mass is 9.98. The topological polar surface area (TPSA) is 81.4 Å². The standard InChI is InChI=1S/C24H26N6O/c1-3-5-8-20-17-29(15-4-2)24(31)30(20)16-18-11-13-19(14-12-18)21-9-6-7-10-22(21)23-25-27-28-26-23/h3,5-7,9-14,17H,4,8,15-16H2,1-2H3,(H,25,26,27,28). The largest absolute Gasteiger partial charge is 0.328 e. The van der Waals surface area contributed by atoms with E-state index in [-0.39, 0.29) is 5.69 Å². The minimum atomic E-state index is 0.0496. The van der Waals surface area contributed by atoms with Crippen molar-refractivity contribution in [3.05, 3.63) is 88.6 Å². The summed E-state index contributed by atoms with van der Waals surface area (Å²) >= 11 is 0. The first-order chi connectivity index (χ1) is 15.2. The van der Waals surface area contributed by atoms with Crippen molar-refractivity contribution in [2.45, 2.75) is 39.8 Å². The Hall–Kier alpha value is -3.74. The van der Waals surface area contributed by atoms with E-state index in [1.807, 2.05) is 46.5 Å². The van der Waals surface area contributed by atoms with E-state index in [9.17, 15) is 4.79 Å². The quantitative estimate of drug-likeness (QED) is 0.441. The normalized spacial score (nSPS) is 11.4. The molecule has 0 aliphatic heterocycles. The SMILES string of the molecule is CC=CCc1cn(CCC)c(=O)n1Cc1ccc(-c2ccccc2-c2nnn[nH]2)cc1. The highest BCUT2D eigenvalue weighted by atomic mass is 16.1. The van der Waals surface area contributed by atoms with Crippen molar-refractivity contribution in [3.8, 4) is 22.5 Å². The zero-order chi connectivity index (χ0) is 21.6. The Morgan fingerprint density at radius 3 is 2.52 bits per heavy atom. The summed E-state index contributed by atoms with van der Waals surface area (Å²) in [6.45, 7) is 5.37. The van der Waals surface area contributed by atoms with Gasteiger partial charge in [0.2, 0.25) is 0 Å². The number of aromatic nitrogens is 6. The van der Waals surface area contributed by atoms with Crippen molar-refractivity contribution in [1.29, 1.82) is 0 Å². The monoisotopic (exact) mass is 414 g/mol. The molecule has 4 rings (SSSR count). The maximum Gasteiger partial charge on any atom is 0.328 e. The molecule has 0 amide bonds. The predicted octanol–water partition coefficient (Wildman–Crippen LogP) is 4.07. The molecule has 7 heteroatoms. The van der Waals surface area contributed by atoms with Crippen molar-refractivity contribution in [3.63, 3.8) is 0 Å². The van der Waals surface area contributed by atoms with Crippen LogP contribution in [0.25, 0.3) is 22.5 Å². The van der Waals surface area contributed by atoms with E-state index in [0.717, 1.165) is 47.3 Å². The van der Waals surface area contributed by atoms with Gasteiger partial charge in [-0.1, -0.05) is 67.6 Å². The lowest BCUT2D eigenvalue weighted by Gasteiger charge is -2.10. The second-order valence-corrected chi connectivity index (χ2v) is 7.45. The van der Waals surface area contributed by atoms with Gasteiger partial charge in [0, 0.05) is 30.4 Å². The molecular weight excluding hydrogens is 388 g/mol. The average Bonchev–Trinajstić information content (AvgIpc) is 3.43. The van der Waals surface area contributed by atoms with E-state index in [4.69, 9.17) is 0 Å². The van der Waals surface area contributed by atoms with Crippen LogP contribution in [0.1, 0.15) is 31.5 Å². The van der Waals surface area contributed by atoms with Crippen molar-refractivity contribution >= 4 is 0 Å². The molecule has 0 atom stereocenters. The summed E-state index contributed by atoms with van der Waals surface area (Å²) in [5.74, 6) is 0.636. The van der Waals surface area contributed by atoms with Gasteiger partial charge in [-0.3, -0.25) is 9.13 Å². The van der Waals surface area contributed by atoms with Gasteiger partial charge in [-0.25, -0.2) is 9.89 Å². The molecule has 7 nitrogen and oxygen atoms in total. The summed E-state index contributed by atoms with van der Waals surface area (Å²) in [6.07, 6.45) is 7.77. The third-order valence-corrected chi connectivity index (χ3v) is 5.29. The molecule has 0 fully saturated rings. The molecular formula is C24H26N6O. The number of aromatic amines is 1. The minimum Gasteiger partial charge on any atom is -0.299 e. The molecule has 2 aromatic heterocycles. The summed E-state index contributed by atoms with van der Waals surface area (Å²) in [6, 6.07) is 16.3. The summed E-state index contributed by atoms with van der Waals surface area (Å²) in [5, 5.41) is 14.3. The second-order valence-electron chi connectivity index (χ2n) is 7.45. The lowest BCUT2D eigenvalue weighted by molar-refractivity contribution is 0.621. The van der Waals surface area contributed by atoms with Crippen LogP contribution >= 0.6 is 0 Å². The fourth-order valence-electron chi connectivity index (χ4n) is 3.74. The van der Waals surface area contributed by atoms with Gasteiger partial charge in [0.25, 0.3) is 0 Å². The van der Waals surface area contributed by atoms with Crippen LogP contribution < -0.4 is 5.69 Å². The molecule has 2 heterocycles. The number of hydrogen-bond donors (Lipinski definition) is 1. The number of hydrogen-bond acceptors (Lipinski definition) is 4. The molecule has 0 saturated carbocycles. The molecule has 0 spiro atoms. The molecule has 4 aromatic rings. The minimum absolute atomic E-state index is 0.0496. The van der Waals surface area contributed by atoms with Crippen LogP contribution in [0.2, 0.25) is 0 Å². The molecule has 158 valence electrons. The smallest absolute Gasteiger partial charge is 0.299 e. The Morgan fingerprint density at radius 1 is 1.06 bits per heavy atom. The number of H-pyrrole nitrogens is 1. The zero-order valence-corrected chi connectivity index (χ0v) is 17.8. The highest BCUT2D eigenvalue weighted by Gasteiger charge is 2.12. The summed E-state index contributed by atoms with van der Waals surface area (Å²) in [5.41, 5.74) is 5.23. The maximum absolute atomic E-state index is 12.9. The fraction of sp³-hybridized carbons (Fsp3) is 0.250. The van der Waals surface area contributed by atoms with E-state index in [1.54, 1.807) is 0 Å². The van der Waals surface area contributed by atoms with Crippen molar-refractivity contribution in [2.75, 3.05) is 0 Å². The van der Waals surface area contributed by atoms with Gasteiger partial charge in [-0.15, -0.1) is 5.10 Å². The van der Waals surface area contributed by atoms with Gasteiger partial charge in [0.15, 0.2) is 5.82 Å². The molecule has 0 aliphatic carbocycles. The molecule has 31 heavy (non-hydrogen) atoms. The number of imidazole rings is 1. The van der Waals surface area contributed by atoms with Gasteiger partial charge in [0.1, 0.15) is 0 Å². The molecule has 0 radical (unpaired) electrons. The van der Waals surface area contributed by atoms with Gasteiger partial charge < -0.3 is 0 Å². The van der Waals surface area contributed by atoms with Gasteiger partial charge in [-0.05, 0) is 40.5 Å². The predicted molar refractivity (Wildman–Crippen MR) is 122 cm³/mol. The van der Waals surface area contributed by atoms with E-state index in [0.29, 0.717) is 12.4 Å². The van der Waals surface area contributed by atoms with E-state index in [2.05, 4.69) is 64.0 Å². The highest BCUT2D eigenvalue weighted by Crippen LogP contribution is 2.29. The highest BCUT2D eigenvalue weighted by molar-refractivity contribution is 5.80. The summed E-state index contributed by atoms with van der Waals surface area (Å²) in [4.78, 5) is 12.9. The summed E-state index contributed by atoms with van der Waals surface area (Å²) in [7, 11) is 0. The second kappa shape index (κ2) is 9.38. The van der Waals surface area contributed by atoms with Gasteiger partial charge in [0.05, 0.1) is 6.54 Å². The lowest BCUT2D eigenvalue weighted by Crippen LogP contribution is -2.25. The number of nitrogens with zero attached hydrogens (tertiary/aromatic N) is 5. The Morgan fingerprint density at radius 2 is 1.84 bits per heavy atom. The van der Waals surface area contributed by atoms with Crippen LogP contribution in [0, 0.1) is 0 Å². The van der Waals surface area contributed by atoms with Crippen molar-refractivity contribution < 1.29 is 0 Å². The average molecular weight is 415 g/mol. The van der Waals surface area contributed by atoms with Crippen molar-refractivity contribution in [2.24, 2.45) is 0 Å². The van der Waals surface area contributed by atoms with Gasteiger partial charge in [-0.2, -0.15) is 0 Å². The Bertz CT molecular complexity index is 1220. The molecule has 0 saturated heterocycles. The van der Waals surface area contributed by atoms with Crippen LogP contribution in [0.4, 0.5) is 0 Å². The third kappa shape index (κ3) is 4.40. The van der Waals surface area contributed by atoms with Crippen LogP contribution in [0.3, 0.4) is 0 Å². The fourth-order valence-corrected chi connectivity index (χ4v) is 3.74. The van der Waals surface area contributed by atoms with Crippen LogP contribution in [0.15, 0.2) is 71.7 Å². The first kappa shape index (κ1) is 20.5. The first-order valence-corrected chi connectivity index (χ1v) is 10.5. The number of rotatable bonds is 8. The Kier molecular flexibility index (Phi) is 6.21. The van der Waals surface area contributed by atoms with Crippen LogP contribution in [0.5, 0.6) is 0 Å². The van der Waals surface area contributed by atoms with E-state index in [1.165, 1.54) is 0 Å². The number of allylic oxidation sites excluding steroid dienone is 2. The molecule has 2 aromatic carbocycles. The first-order valence-electron chi connectivity index (χ1n) is 10.5. The summed E-state index contributed by atoms with van der Waals surface area (Å²) < 4.78 is 3.69. The third-order valence-electron chi connectivity index (χ3n) is 5.29. The zero-order valence-electron chi connectivity index (χ0n) is 17.8. The maximum atomic E-state index is 12.9. The van der Waals surface area contributed by atoms with Crippen molar-refractivity contribution in [1.82, 2.24) is 29.8 Å². The van der Waals surface area contributed by atoms with Crippen LogP contribution in [-0.4, -0.2) is 29.8 Å². The number of nitrogens with one attached hydrogen (secondary N) is 1. The number of tetrazole rings is 1. The Labute approximate surface area is 181 Å². The van der Waals surface area contributed by atoms with E-state index < -0.39 is 0 Å². The van der Waals surface area contributed by atoms with E-state index >= 15 is 0 Å². The number of aryl methyl sites for hydroxylation is 1. The van der Waals surface area contributed by atoms with Gasteiger partial charge >= 0.3 is 5.69 Å². The number of benzene rings is 2. The Balaban J connectivity index is 1.63. The van der Waals surface area contributed by atoms with Crippen LogP contribution in [-0.2, 0) is 19.5 Å². The molecule has 0 bridgehead atoms.